The summed E-state index contributed by atoms with van der Waals surface area (Å²) in [7, 11) is 1.46. The van der Waals surface area contributed by atoms with Crippen LogP contribution in [0.25, 0.3) is 5.65 Å². The summed E-state index contributed by atoms with van der Waals surface area (Å²) in [6.07, 6.45) is 8.68. The van der Waals surface area contributed by atoms with Crippen LogP contribution in [0.15, 0.2) is 24.5 Å². The number of ether oxygens (including phenoxy) is 1. The zero-order valence-corrected chi connectivity index (χ0v) is 8.19. The van der Waals surface area contributed by atoms with Crippen molar-refractivity contribution in [2.24, 2.45) is 0 Å². The number of aromatic nitrogens is 2. The lowest BCUT2D eigenvalue weighted by Gasteiger charge is -2.03. The van der Waals surface area contributed by atoms with Gasteiger partial charge in [0.2, 0.25) is 5.90 Å². The molecule has 0 aliphatic heterocycles. The predicted octanol–water partition coefficient (Wildman–Crippen LogP) is 1.29. The summed E-state index contributed by atoms with van der Waals surface area (Å²) in [5, 5.41) is 7.53. The number of pyridine rings is 1. The molecule has 4 nitrogen and oxygen atoms in total. The van der Waals surface area contributed by atoms with Crippen molar-refractivity contribution in [3.63, 3.8) is 0 Å². The van der Waals surface area contributed by atoms with Crippen LogP contribution in [0.1, 0.15) is 11.3 Å². The van der Waals surface area contributed by atoms with Crippen LogP contribution in [-0.4, -0.2) is 22.4 Å². The largest absolute Gasteiger partial charge is 0.481 e. The van der Waals surface area contributed by atoms with Gasteiger partial charge in [0.1, 0.15) is 11.3 Å². The average Bonchev–Trinajstić information content (AvgIpc) is 2.69. The van der Waals surface area contributed by atoms with Gasteiger partial charge in [0.05, 0.1) is 18.9 Å². The molecule has 0 saturated carbocycles. The number of terminal acetylenes is 1. The van der Waals surface area contributed by atoms with Crippen molar-refractivity contribution < 1.29 is 4.74 Å². The Bertz CT molecular complexity index is 563. The fraction of sp³-hybridized carbons (Fsp3) is 0.0909. The molecule has 4 heteroatoms. The third kappa shape index (κ3) is 1.44. The molecule has 0 aliphatic carbocycles. The van der Waals surface area contributed by atoms with Gasteiger partial charge in [-0.25, -0.2) is 4.98 Å². The van der Waals surface area contributed by atoms with E-state index in [1.165, 1.54) is 7.11 Å². The summed E-state index contributed by atoms with van der Waals surface area (Å²) in [4.78, 5) is 4.12. The van der Waals surface area contributed by atoms with Crippen molar-refractivity contribution in [2.45, 2.75) is 0 Å². The minimum absolute atomic E-state index is 0.105. The van der Waals surface area contributed by atoms with E-state index >= 15 is 0 Å². The molecule has 15 heavy (non-hydrogen) atoms. The zero-order valence-electron chi connectivity index (χ0n) is 8.19. The van der Waals surface area contributed by atoms with Crippen LogP contribution in [0.3, 0.4) is 0 Å². The van der Waals surface area contributed by atoms with E-state index in [-0.39, 0.29) is 5.90 Å². The molecule has 1 N–H and O–H groups in total. The third-order valence-corrected chi connectivity index (χ3v) is 2.12. The molecule has 2 aromatic rings. The number of nitrogens with one attached hydrogen (secondary N) is 1. The summed E-state index contributed by atoms with van der Waals surface area (Å²) in [6, 6.07) is 3.57. The topological polar surface area (TPSA) is 50.4 Å². The summed E-state index contributed by atoms with van der Waals surface area (Å²) >= 11 is 0. The van der Waals surface area contributed by atoms with Crippen LogP contribution in [0, 0.1) is 17.8 Å². The molecule has 2 heterocycles. The van der Waals surface area contributed by atoms with Crippen LogP contribution in [0.4, 0.5) is 0 Å². The molecule has 0 saturated heterocycles. The van der Waals surface area contributed by atoms with Gasteiger partial charge in [-0.15, -0.1) is 6.42 Å². The van der Waals surface area contributed by atoms with Crippen molar-refractivity contribution in [2.75, 3.05) is 7.11 Å². The molecule has 0 unspecified atom stereocenters. The van der Waals surface area contributed by atoms with E-state index in [0.717, 1.165) is 5.65 Å². The number of rotatable bonds is 1. The molecule has 0 amide bonds. The van der Waals surface area contributed by atoms with Gasteiger partial charge in [0.25, 0.3) is 0 Å². The van der Waals surface area contributed by atoms with Gasteiger partial charge in [0.15, 0.2) is 0 Å². The lowest BCUT2D eigenvalue weighted by Crippen LogP contribution is -2.03. The van der Waals surface area contributed by atoms with E-state index in [1.54, 1.807) is 28.9 Å². The maximum atomic E-state index is 7.53. The maximum absolute atomic E-state index is 7.53. The second-order valence-corrected chi connectivity index (χ2v) is 2.97. The lowest BCUT2D eigenvalue weighted by molar-refractivity contribution is 0.401. The lowest BCUT2D eigenvalue weighted by atomic mass is 10.3. The number of imidazole rings is 1. The number of fused-ring (bicyclic) bond motifs is 1. The second kappa shape index (κ2) is 3.46. The highest BCUT2D eigenvalue weighted by molar-refractivity contribution is 5.91. The molecular formula is C11H9N3O. The Morgan fingerprint density at radius 1 is 1.60 bits per heavy atom. The summed E-state index contributed by atoms with van der Waals surface area (Å²) in [6.45, 7) is 0. The van der Waals surface area contributed by atoms with Crippen LogP contribution in [0.5, 0.6) is 0 Å². The highest BCUT2D eigenvalue weighted by Gasteiger charge is 2.05. The van der Waals surface area contributed by atoms with Gasteiger partial charge in [0, 0.05) is 6.20 Å². The van der Waals surface area contributed by atoms with Crippen molar-refractivity contribution in [3.8, 4) is 12.3 Å². The van der Waals surface area contributed by atoms with Gasteiger partial charge in [-0.3, -0.25) is 9.81 Å². The molecule has 2 rings (SSSR count). The van der Waals surface area contributed by atoms with Crippen molar-refractivity contribution in [1.82, 2.24) is 9.38 Å². The van der Waals surface area contributed by atoms with Crippen molar-refractivity contribution in [1.29, 1.82) is 5.41 Å². The smallest absolute Gasteiger partial charge is 0.214 e. The number of hydrogen-bond acceptors (Lipinski definition) is 3. The predicted molar refractivity (Wildman–Crippen MR) is 57.0 cm³/mol. The highest BCUT2D eigenvalue weighted by Crippen LogP contribution is 2.09. The molecule has 0 spiro atoms. The average molecular weight is 199 g/mol. The van der Waals surface area contributed by atoms with E-state index in [1.807, 2.05) is 0 Å². The molecular weight excluding hydrogens is 190 g/mol. The van der Waals surface area contributed by atoms with Crippen LogP contribution in [-0.2, 0) is 4.74 Å². The molecule has 2 aromatic heterocycles. The molecule has 0 radical (unpaired) electrons. The fourth-order valence-electron chi connectivity index (χ4n) is 1.34. The Hall–Kier alpha value is -2.28. The Morgan fingerprint density at radius 2 is 2.40 bits per heavy atom. The molecule has 0 atom stereocenters. The Kier molecular flexibility index (Phi) is 2.14. The molecule has 74 valence electrons. The van der Waals surface area contributed by atoms with E-state index in [0.29, 0.717) is 11.3 Å². The minimum atomic E-state index is 0.105. The van der Waals surface area contributed by atoms with Crippen LogP contribution >= 0.6 is 0 Å². The van der Waals surface area contributed by atoms with Gasteiger partial charge in [-0.05, 0) is 12.1 Å². The summed E-state index contributed by atoms with van der Waals surface area (Å²) in [5.74, 6) is 2.63. The van der Waals surface area contributed by atoms with Gasteiger partial charge in [-0.1, -0.05) is 5.92 Å². The van der Waals surface area contributed by atoms with E-state index in [4.69, 9.17) is 16.6 Å². The first-order valence-corrected chi connectivity index (χ1v) is 4.33. The van der Waals surface area contributed by atoms with Crippen LogP contribution in [0.2, 0.25) is 0 Å². The number of methoxy groups -OCH3 is 1. The second-order valence-electron chi connectivity index (χ2n) is 2.97. The normalized spacial score (nSPS) is 9.87. The fourth-order valence-corrected chi connectivity index (χ4v) is 1.34. The minimum Gasteiger partial charge on any atom is -0.481 e. The highest BCUT2D eigenvalue weighted by atomic mass is 16.5. The van der Waals surface area contributed by atoms with E-state index in [2.05, 4.69) is 10.9 Å². The standard InChI is InChI=1S/C11H9N3O/c1-3-9-6-13-10-5-4-8(7-14(9)10)11(12)15-2/h1,4-7,12H,2H3. The third-order valence-electron chi connectivity index (χ3n) is 2.12. The maximum Gasteiger partial charge on any atom is 0.214 e. The summed E-state index contributed by atoms with van der Waals surface area (Å²) in [5.41, 5.74) is 2.09. The Morgan fingerprint density at radius 3 is 3.07 bits per heavy atom. The van der Waals surface area contributed by atoms with Crippen molar-refractivity contribution >= 4 is 11.5 Å². The number of nitrogens with zero attached hydrogens (tertiary/aromatic N) is 2. The Labute approximate surface area is 87.0 Å². The van der Waals surface area contributed by atoms with E-state index < -0.39 is 0 Å². The SMILES string of the molecule is C#Cc1cnc2ccc(C(=N)OC)cn12. The van der Waals surface area contributed by atoms with Gasteiger partial charge in [-0.2, -0.15) is 0 Å². The Balaban J connectivity index is 2.64. The zero-order chi connectivity index (χ0) is 10.8. The quantitative estimate of drug-likeness (QED) is 0.427. The first-order valence-electron chi connectivity index (χ1n) is 4.33. The van der Waals surface area contributed by atoms with Gasteiger partial charge < -0.3 is 4.74 Å². The molecule has 0 aromatic carbocycles. The molecule has 0 bridgehead atoms. The number of hydrogen-bond donors (Lipinski definition) is 1. The van der Waals surface area contributed by atoms with Crippen molar-refractivity contribution in [3.05, 3.63) is 35.8 Å². The first-order chi connectivity index (χ1) is 7.26. The monoisotopic (exact) mass is 199 g/mol. The first kappa shape index (κ1) is 9.28. The van der Waals surface area contributed by atoms with Crippen LogP contribution < -0.4 is 0 Å². The molecule has 0 fully saturated rings. The summed E-state index contributed by atoms with van der Waals surface area (Å²) < 4.78 is 6.59. The molecule has 0 aliphatic rings. The van der Waals surface area contributed by atoms with Gasteiger partial charge >= 0.3 is 0 Å². The van der Waals surface area contributed by atoms with E-state index in [9.17, 15) is 0 Å².